The van der Waals surface area contributed by atoms with E-state index in [1.807, 2.05) is 6.20 Å². The molecule has 0 atom stereocenters. The van der Waals surface area contributed by atoms with E-state index in [9.17, 15) is 0 Å². The number of hydrogen-bond donors (Lipinski definition) is 0. The molecular formula is C12H21IN2O. The Kier molecular flexibility index (Phi) is 7.03. The number of rotatable bonds is 8. The minimum atomic E-state index is 0.696. The van der Waals surface area contributed by atoms with Crippen molar-refractivity contribution in [2.45, 2.75) is 52.7 Å². The maximum absolute atomic E-state index is 5.65. The highest BCUT2D eigenvalue weighted by atomic mass is 127. The highest BCUT2D eigenvalue weighted by molar-refractivity contribution is 14.1. The topological polar surface area (TPSA) is 27.1 Å². The van der Waals surface area contributed by atoms with Gasteiger partial charge in [-0.3, -0.25) is 4.68 Å². The number of aromatic nitrogens is 2. The molecule has 16 heavy (non-hydrogen) atoms. The molecule has 0 unspecified atom stereocenters. The average Bonchev–Trinajstić information content (AvgIpc) is 2.63. The minimum absolute atomic E-state index is 0.696. The zero-order valence-corrected chi connectivity index (χ0v) is 12.4. The van der Waals surface area contributed by atoms with Crippen LogP contribution in [0.3, 0.4) is 0 Å². The predicted octanol–water partition coefficient (Wildman–Crippen LogP) is 3.60. The first-order valence-electron chi connectivity index (χ1n) is 6.07. The predicted molar refractivity (Wildman–Crippen MR) is 74.4 cm³/mol. The molecule has 3 nitrogen and oxygen atoms in total. The summed E-state index contributed by atoms with van der Waals surface area (Å²) in [5.41, 5.74) is 1.23. The molecule has 1 rings (SSSR count). The van der Waals surface area contributed by atoms with Crippen molar-refractivity contribution in [2.24, 2.45) is 0 Å². The maximum atomic E-state index is 5.65. The number of aryl methyl sites for hydroxylation is 1. The van der Waals surface area contributed by atoms with Crippen molar-refractivity contribution in [1.82, 2.24) is 9.78 Å². The van der Waals surface area contributed by atoms with Crippen molar-refractivity contribution in [3.8, 4) is 0 Å². The van der Waals surface area contributed by atoms with Crippen molar-refractivity contribution >= 4 is 22.6 Å². The number of halogens is 1. The summed E-state index contributed by atoms with van der Waals surface area (Å²) in [5, 5.41) is 4.38. The van der Waals surface area contributed by atoms with Gasteiger partial charge in [0.15, 0.2) is 0 Å². The van der Waals surface area contributed by atoms with Crippen LogP contribution in [0.1, 0.15) is 45.2 Å². The van der Waals surface area contributed by atoms with Gasteiger partial charge in [0.05, 0.1) is 22.1 Å². The zero-order chi connectivity index (χ0) is 11.8. The van der Waals surface area contributed by atoms with Gasteiger partial charge < -0.3 is 4.74 Å². The van der Waals surface area contributed by atoms with Crippen LogP contribution in [0.2, 0.25) is 0 Å². The molecule has 1 aromatic rings. The van der Waals surface area contributed by atoms with Gasteiger partial charge >= 0.3 is 0 Å². The van der Waals surface area contributed by atoms with E-state index in [-0.39, 0.29) is 0 Å². The lowest BCUT2D eigenvalue weighted by Gasteiger charge is -2.08. The summed E-state index contributed by atoms with van der Waals surface area (Å²) in [7, 11) is 0. The van der Waals surface area contributed by atoms with Gasteiger partial charge in [-0.15, -0.1) is 0 Å². The second-order valence-corrected chi connectivity index (χ2v) is 5.08. The number of unbranched alkanes of at least 4 members (excludes halogenated alkanes) is 2. The molecule has 0 aliphatic rings. The third-order valence-corrected chi connectivity index (χ3v) is 3.40. The van der Waals surface area contributed by atoms with Gasteiger partial charge in [-0.25, -0.2) is 0 Å². The van der Waals surface area contributed by atoms with Crippen LogP contribution >= 0.6 is 22.6 Å². The Morgan fingerprint density at radius 3 is 2.75 bits per heavy atom. The van der Waals surface area contributed by atoms with Gasteiger partial charge in [-0.2, -0.15) is 5.10 Å². The molecular weight excluding hydrogens is 315 g/mol. The van der Waals surface area contributed by atoms with E-state index in [0.717, 1.165) is 19.6 Å². The largest absolute Gasteiger partial charge is 0.375 e. The van der Waals surface area contributed by atoms with Crippen LogP contribution in [0.4, 0.5) is 0 Å². The summed E-state index contributed by atoms with van der Waals surface area (Å²) in [6.45, 7) is 6.93. The Hall–Kier alpha value is -0.100. The van der Waals surface area contributed by atoms with Crippen molar-refractivity contribution in [3.05, 3.63) is 15.5 Å². The van der Waals surface area contributed by atoms with Crippen LogP contribution in [0, 0.1) is 3.57 Å². The van der Waals surface area contributed by atoms with E-state index < -0.39 is 0 Å². The molecule has 0 aromatic carbocycles. The fraction of sp³-hybridized carbons (Fsp3) is 0.750. The van der Waals surface area contributed by atoms with Crippen molar-refractivity contribution in [1.29, 1.82) is 0 Å². The molecule has 0 fully saturated rings. The Labute approximate surface area is 112 Å². The SMILES string of the molecule is CCCCOCc1c(I)cnn1CCCC. The average molecular weight is 336 g/mol. The fourth-order valence-electron chi connectivity index (χ4n) is 1.45. The smallest absolute Gasteiger partial charge is 0.0895 e. The quantitative estimate of drug-likeness (QED) is 0.536. The van der Waals surface area contributed by atoms with Gasteiger partial charge in [-0.1, -0.05) is 26.7 Å². The lowest BCUT2D eigenvalue weighted by atomic mass is 10.3. The first kappa shape index (κ1) is 14.0. The van der Waals surface area contributed by atoms with Gasteiger partial charge in [0.2, 0.25) is 0 Å². The van der Waals surface area contributed by atoms with Crippen LogP contribution < -0.4 is 0 Å². The highest BCUT2D eigenvalue weighted by Crippen LogP contribution is 2.13. The van der Waals surface area contributed by atoms with Crippen LogP contribution in [-0.4, -0.2) is 16.4 Å². The number of ether oxygens (including phenoxy) is 1. The molecule has 0 N–H and O–H groups in total. The van der Waals surface area contributed by atoms with Crippen LogP contribution in [0.25, 0.3) is 0 Å². The Morgan fingerprint density at radius 2 is 2.06 bits per heavy atom. The van der Waals surface area contributed by atoms with Gasteiger partial charge in [-0.05, 0) is 35.4 Å². The molecule has 0 spiro atoms. The lowest BCUT2D eigenvalue weighted by Crippen LogP contribution is -2.08. The fourth-order valence-corrected chi connectivity index (χ4v) is 2.01. The minimum Gasteiger partial charge on any atom is -0.375 e. The molecule has 0 bridgehead atoms. The van der Waals surface area contributed by atoms with E-state index >= 15 is 0 Å². The molecule has 0 aliphatic heterocycles. The van der Waals surface area contributed by atoms with E-state index in [4.69, 9.17) is 4.74 Å². The molecule has 92 valence electrons. The standard InChI is InChI=1S/C12H21IN2O/c1-3-5-7-15-12(11(13)9-14-15)10-16-8-6-4-2/h9H,3-8,10H2,1-2H3. The molecule has 4 heteroatoms. The number of hydrogen-bond acceptors (Lipinski definition) is 2. The van der Waals surface area contributed by atoms with E-state index in [0.29, 0.717) is 6.61 Å². The molecule has 0 saturated heterocycles. The van der Waals surface area contributed by atoms with E-state index in [2.05, 4.69) is 46.2 Å². The summed E-state index contributed by atoms with van der Waals surface area (Å²) in [4.78, 5) is 0. The summed E-state index contributed by atoms with van der Waals surface area (Å²) in [5.74, 6) is 0. The first-order valence-corrected chi connectivity index (χ1v) is 7.15. The van der Waals surface area contributed by atoms with Gasteiger partial charge in [0.1, 0.15) is 0 Å². The van der Waals surface area contributed by atoms with Crippen molar-refractivity contribution < 1.29 is 4.74 Å². The van der Waals surface area contributed by atoms with Crippen molar-refractivity contribution in [3.63, 3.8) is 0 Å². The molecule has 0 amide bonds. The molecule has 0 saturated carbocycles. The van der Waals surface area contributed by atoms with E-state index in [1.165, 1.54) is 28.5 Å². The normalized spacial score (nSPS) is 10.9. The second-order valence-electron chi connectivity index (χ2n) is 3.92. The summed E-state index contributed by atoms with van der Waals surface area (Å²) >= 11 is 2.33. The highest BCUT2D eigenvalue weighted by Gasteiger charge is 2.07. The van der Waals surface area contributed by atoms with Gasteiger partial charge in [0.25, 0.3) is 0 Å². The third-order valence-electron chi connectivity index (χ3n) is 2.50. The Bertz CT molecular complexity index is 299. The number of nitrogens with zero attached hydrogens (tertiary/aromatic N) is 2. The molecule has 0 radical (unpaired) electrons. The van der Waals surface area contributed by atoms with Gasteiger partial charge in [0, 0.05) is 13.2 Å². The maximum Gasteiger partial charge on any atom is 0.0895 e. The van der Waals surface area contributed by atoms with Crippen LogP contribution in [-0.2, 0) is 17.9 Å². The first-order chi connectivity index (χ1) is 7.79. The summed E-state index contributed by atoms with van der Waals surface area (Å²) < 4.78 is 8.95. The summed E-state index contributed by atoms with van der Waals surface area (Å²) in [6.07, 6.45) is 6.63. The second kappa shape index (κ2) is 8.06. The Balaban J connectivity index is 2.45. The molecule has 0 aliphatic carbocycles. The zero-order valence-electron chi connectivity index (χ0n) is 10.2. The van der Waals surface area contributed by atoms with E-state index in [1.54, 1.807) is 0 Å². The third kappa shape index (κ3) is 4.41. The lowest BCUT2D eigenvalue weighted by molar-refractivity contribution is 0.111. The Morgan fingerprint density at radius 1 is 1.31 bits per heavy atom. The summed E-state index contributed by atoms with van der Waals surface area (Å²) in [6, 6.07) is 0. The monoisotopic (exact) mass is 336 g/mol. The van der Waals surface area contributed by atoms with Crippen molar-refractivity contribution in [2.75, 3.05) is 6.61 Å². The van der Waals surface area contributed by atoms with Crippen LogP contribution in [0.5, 0.6) is 0 Å². The van der Waals surface area contributed by atoms with Crippen LogP contribution in [0.15, 0.2) is 6.20 Å². The molecule has 1 aromatic heterocycles. The molecule has 1 heterocycles.